The molecule has 64 valence electrons. The Balaban J connectivity index is 1.60. The third-order valence-electron chi connectivity index (χ3n) is 2.74. The SMILES string of the molecule is CC1CC1CN(C)CC1CO1. The second kappa shape index (κ2) is 2.76. The topological polar surface area (TPSA) is 15.8 Å². The van der Waals surface area contributed by atoms with Crippen molar-refractivity contribution < 1.29 is 4.74 Å². The molecule has 0 spiro atoms. The molecule has 0 bridgehead atoms. The van der Waals surface area contributed by atoms with E-state index in [4.69, 9.17) is 4.74 Å². The first kappa shape index (κ1) is 7.56. The maximum atomic E-state index is 5.17. The van der Waals surface area contributed by atoms with Crippen molar-refractivity contribution in [3.05, 3.63) is 0 Å². The Hall–Kier alpha value is -0.0800. The molecular formula is C9H17NO. The lowest BCUT2D eigenvalue weighted by atomic mass is 10.3. The second-order valence-corrected chi connectivity index (χ2v) is 4.15. The molecule has 1 aliphatic heterocycles. The molecule has 2 fully saturated rings. The van der Waals surface area contributed by atoms with E-state index in [1.807, 2.05) is 0 Å². The fourth-order valence-electron chi connectivity index (χ4n) is 1.65. The number of epoxide rings is 1. The molecule has 1 heterocycles. The van der Waals surface area contributed by atoms with Gasteiger partial charge in [-0.3, -0.25) is 0 Å². The summed E-state index contributed by atoms with van der Waals surface area (Å²) in [6.07, 6.45) is 2.00. The molecule has 0 N–H and O–H groups in total. The predicted octanol–water partition coefficient (Wildman–Crippen LogP) is 0.973. The van der Waals surface area contributed by atoms with Crippen molar-refractivity contribution in [2.24, 2.45) is 11.8 Å². The highest BCUT2D eigenvalue weighted by Crippen LogP contribution is 2.38. The summed E-state index contributed by atoms with van der Waals surface area (Å²) in [6.45, 7) is 5.75. The molecule has 0 amide bonds. The summed E-state index contributed by atoms with van der Waals surface area (Å²) < 4.78 is 5.17. The van der Waals surface area contributed by atoms with E-state index in [-0.39, 0.29) is 0 Å². The van der Waals surface area contributed by atoms with E-state index in [0.29, 0.717) is 6.10 Å². The summed E-state index contributed by atoms with van der Waals surface area (Å²) in [5.74, 6) is 1.97. The van der Waals surface area contributed by atoms with Crippen LogP contribution in [0.15, 0.2) is 0 Å². The molecule has 3 atom stereocenters. The number of ether oxygens (including phenoxy) is 1. The molecule has 0 radical (unpaired) electrons. The molecule has 1 saturated heterocycles. The molecular weight excluding hydrogens is 138 g/mol. The highest BCUT2D eigenvalue weighted by molar-refractivity contribution is 4.85. The Bertz CT molecular complexity index is 144. The Labute approximate surface area is 68.5 Å². The van der Waals surface area contributed by atoms with Gasteiger partial charge in [0, 0.05) is 13.1 Å². The molecule has 1 saturated carbocycles. The number of nitrogens with zero attached hydrogens (tertiary/aromatic N) is 1. The van der Waals surface area contributed by atoms with E-state index in [1.54, 1.807) is 0 Å². The summed E-state index contributed by atoms with van der Waals surface area (Å²) in [7, 11) is 2.20. The minimum atomic E-state index is 0.564. The van der Waals surface area contributed by atoms with Crippen LogP contribution in [-0.2, 0) is 4.74 Å². The maximum absolute atomic E-state index is 5.17. The van der Waals surface area contributed by atoms with Gasteiger partial charge >= 0.3 is 0 Å². The van der Waals surface area contributed by atoms with Crippen LogP contribution >= 0.6 is 0 Å². The van der Waals surface area contributed by atoms with Crippen LogP contribution in [0.2, 0.25) is 0 Å². The standard InChI is InChI=1S/C9H17NO/c1-7-3-8(7)4-10(2)5-9-6-11-9/h7-9H,3-6H2,1-2H3. The second-order valence-electron chi connectivity index (χ2n) is 4.15. The molecule has 2 heteroatoms. The summed E-state index contributed by atoms with van der Waals surface area (Å²) in [5, 5.41) is 0. The average Bonchev–Trinajstić information content (AvgIpc) is 2.75. The first-order chi connectivity index (χ1) is 5.25. The Morgan fingerprint density at radius 2 is 2.09 bits per heavy atom. The van der Waals surface area contributed by atoms with Crippen molar-refractivity contribution in [2.45, 2.75) is 19.4 Å². The van der Waals surface area contributed by atoms with E-state index in [1.165, 1.54) is 13.0 Å². The molecule has 0 aromatic rings. The number of hydrogen-bond donors (Lipinski definition) is 0. The van der Waals surface area contributed by atoms with Gasteiger partial charge in [0.15, 0.2) is 0 Å². The Kier molecular flexibility index (Phi) is 1.90. The van der Waals surface area contributed by atoms with Gasteiger partial charge in [0.25, 0.3) is 0 Å². The zero-order valence-corrected chi connectivity index (χ0v) is 7.42. The lowest BCUT2D eigenvalue weighted by Gasteiger charge is -2.14. The zero-order valence-electron chi connectivity index (χ0n) is 7.42. The van der Waals surface area contributed by atoms with E-state index in [0.717, 1.165) is 25.0 Å². The van der Waals surface area contributed by atoms with Crippen LogP contribution in [0, 0.1) is 11.8 Å². The van der Waals surface area contributed by atoms with Crippen molar-refractivity contribution >= 4 is 0 Å². The minimum absolute atomic E-state index is 0.564. The van der Waals surface area contributed by atoms with Gasteiger partial charge in [-0.05, 0) is 25.3 Å². The van der Waals surface area contributed by atoms with Crippen LogP contribution in [0.1, 0.15) is 13.3 Å². The van der Waals surface area contributed by atoms with Crippen LogP contribution in [0.3, 0.4) is 0 Å². The molecule has 2 aliphatic rings. The van der Waals surface area contributed by atoms with Gasteiger partial charge in [-0.25, -0.2) is 0 Å². The summed E-state index contributed by atoms with van der Waals surface area (Å²) in [5.41, 5.74) is 0. The van der Waals surface area contributed by atoms with E-state index < -0.39 is 0 Å². The minimum Gasteiger partial charge on any atom is -0.372 e. The summed E-state index contributed by atoms with van der Waals surface area (Å²) >= 11 is 0. The van der Waals surface area contributed by atoms with Gasteiger partial charge in [0.1, 0.15) is 0 Å². The first-order valence-electron chi connectivity index (χ1n) is 4.56. The lowest BCUT2D eigenvalue weighted by molar-refractivity contribution is 0.272. The number of hydrogen-bond acceptors (Lipinski definition) is 2. The van der Waals surface area contributed by atoms with Crippen molar-refractivity contribution in [1.82, 2.24) is 4.90 Å². The van der Waals surface area contributed by atoms with Gasteiger partial charge in [0.2, 0.25) is 0 Å². The highest BCUT2D eigenvalue weighted by Gasteiger charge is 2.34. The quantitative estimate of drug-likeness (QED) is 0.562. The van der Waals surface area contributed by atoms with Crippen LogP contribution in [0.25, 0.3) is 0 Å². The molecule has 1 aliphatic carbocycles. The monoisotopic (exact) mass is 155 g/mol. The van der Waals surface area contributed by atoms with E-state index >= 15 is 0 Å². The molecule has 3 unspecified atom stereocenters. The average molecular weight is 155 g/mol. The molecule has 2 rings (SSSR count). The molecule has 0 aromatic heterocycles. The number of rotatable bonds is 4. The smallest absolute Gasteiger partial charge is 0.0936 e. The summed E-state index contributed by atoms with van der Waals surface area (Å²) in [4.78, 5) is 2.41. The first-order valence-corrected chi connectivity index (χ1v) is 4.56. The van der Waals surface area contributed by atoms with Gasteiger partial charge in [-0.2, -0.15) is 0 Å². The van der Waals surface area contributed by atoms with E-state index in [9.17, 15) is 0 Å². The molecule has 11 heavy (non-hydrogen) atoms. The maximum Gasteiger partial charge on any atom is 0.0936 e. The zero-order chi connectivity index (χ0) is 7.84. The van der Waals surface area contributed by atoms with E-state index in [2.05, 4.69) is 18.9 Å². The van der Waals surface area contributed by atoms with Gasteiger partial charge in [-0.1, -0.05) is 6.92 Å². The fourth-order valence-corrected chi connectivity index (χ4v) is 1.65. The normalized spacial score (nSPS) is 41.2. The Morgan fingerprint density at radius 1 is 1.45 bits per heavy atom. The summed E-state index contributed by atoms with van der Waals surface area (Å²) in [6, 6.07) is 0. The van der Waals surface area contributed by atoms with Crippen molar-refractivity contribution in [2.75, 3.05) is 26.7 Å². The van der Waals surface area contributed by atoms with Gasteiger partial charge in [-0.15, -0.1) is 0 Å². The number of likely N-dealkylation sites (N-methyl/N-ethyl adjacent to an activating group) is 1. The van der Waals surface area contributed by atoms with Gasteiger partial charge < -0.3 is 9.64 Å². The third-order valence-corrected chi connectivity index (χ3v) is 2.74. The predicted molar refractivity (Wildman–Crippen MR) is 44.5 cm³/mol. The largest absolute Gasteiger partial charge is 0.372 e. The fraction of sp³-hybridized carbons (Fsp3) is 1.00. The third kappa shape index (κ3) is 2.17. The van der Waals surface area contributed by atoms with Crippen molar-refractivity contribution in [3.8, 4) is 0 Å². The Morgan fingerprint density at radius 3 is 2.55 bits per heavy atom. The molecule has 2 nitrogen and oxygen atoms in total. The highest BCUT2D eigenvalue weighted by atomic mass is 16.6. The van der Waals surface area contributed by atoms with Crippen LogP contribution in [0.5, 0.6) is 0 Å². The molecule has 0 aromatic carbocycles. The van der Waals surface area contributed by atoms with Crippen molar-refractivity contribution in [1.29, 1.82) is 0 Å². The van der Waals surface area contributed by atoms with Crippen LogP contribution in [0.4, 0.5) is 0 Å². The van der Waals surface area contributed by atoms with Crippen molar-refractivity contribution in [3.63, 3.8) is 0 Å². The van der Waals surface area contributed by atoms with Gasteiger partial charge in [0.05, 0.1) is 12.7 Å². The van der Waals surface area contributed by atoms with Crippen LogP contribution in [-0.4, -0.2) is 37.7 Å². The lowest BCUT2D eigenvalue weighted by Crippen LogP contribution is -2.25. The van der Waals surface area contributed by atoms with Crippen LogP contribution < -0.4 is 0 Å².